The zero-order valence-corrected chi connectivity index (χ0v) is 9.29. The van der Waals surface area contributed by atoms with Gasteiger partial charge in [0.1, 0.15) is 5.22 Å². The molecule has 0 amide bonds. The smallest absolute Gasteiger partial charge is 0.258 e. The predicted molar refractivity (Wildman–Crippen MR) is 67.8 cm³/mol. The van der Waals surface area contributed by atoms with Crippen molar-refractivity contribution < 1.29 is 4.92 Å². The summed E-state index contributed by atoms with van der Waals surface area (Å²) in [4.78, 5) is 10.3. The number of hydrogen-bond donors (Lipinski definition) is 0. The van der Waals surface area contributed by atoms with Gasteiger partial charge in [-0.25, -0.2) is 0 Å². The molecule has 0 atom stereocenters. The molecule has 1 aliphatic rings. The molecular weight excluding hydrogens is 230 g/mol. The minimum atomic E-state index is -0.428. The van der Waals surface area contributed by atoms with Crippen molar-refractivity contribution in [1.82, 2.24) is 0 Å². The van der Waals surface area contributed by atoms with E-state index < -0.39 is 4.92 Å². The monoisotopic (exact) mass is 238 g/mol. The van der Waals surface area contributed by atoms with Crippen LogP contribution in [0.2, 0.25) is 0 Å². The molecule has 0 spiro atoms. The van der Waals surface area contributed by atoms with Crippen LogP contribution in [0, 0.1) is 10.1 Å². The molecular formula is C14H8NO3+. The normalized spacial score (nSPS) is 12.1. The van der Waals surface area contributed by atoms with Crippen molar-refractivity contribution in [3.63, 3.8) is 0 Å². The molecule has 86 valence electrons. The maximum Gasteiger partial charge on any atom is 0.404 e. The largest absolute Gasteiger partial charge is 0.404 e. The summed E-state index contributed by atoms with van der Waals surface area (Å²) in [6.45, 7) is 0. The van der Waals surface area contributed by atoms with E-state index in [0.717, 1.165) is 5.56 Å². The first-order valence-corrected chi connectivity index (χ1v) is 5.40. The topological polar surface area (TPSA) is 54.4 Å². The molecule has 3 rings (SSSR count). The van der Waals surface area contributed by atoms with Gasteiger partial charge in [0.2, 0.25) is 0 Å². The van der Waals surface area contributed by atoms with Crippen LogP contribution < -0.4 is 10.6 Å². The second-order valence-corrected chi connectivity index (χ2v) is 3.86. The summed E-state index contributed by atoms with van der Waals surface area (Å²) in [7, 11) is 0. The number of hydrogen-bond acceptors (Lipinski definition) is 2. The maximum absolute atomic E-state index is 10.7. The molecule has 0 fully saturated rings. The van der Waals surface area contributed by atoms with E-state index in [1.54, 1.807) is 6.07 Å². The van der Waals surface area contributed by atoms with Gasteiger partial charge >= 0.3 is 11.2 Å². The van der Waals surface area contributed by atoms with E-state index in [0.29, 0.717) is 16.4 Å². The van der Waals surface area contributed by atoms with E-state index in [-0.39, 0.29) is 5.69 Å². The lowest BCUT2D eigenvalue weighted by Crippen LogP contribution is -2.21. The number of benzene rings is 2. The molecule has 2 aromatic rings. The zero-order chi connectivity index (χ0) is 12.5. The van der Waals surface area contributed by atoms with Gasteiger partial charge in [0.15, 0.2) is 0 Å². The van der Waals surface area contributed by atoms with Crippen molar-refractivity contribution >= 4 is 17.2 Å². The molecule has 4 heteroatoms. The summed E-state index contributed by atoms with van der Waals surface area (Å²) in [6, 6.07) is 14.0. The van der Waals surface area contributed by atoms with Crippen LogP contribution in [0.15, 0.2) is 53.0 Å². The summed E-state index contributed by atoms with van der Waals surface area (Å²) in [5.74, 6) is 0.589. The van der Waals surface area contributed by atoms with Gasteiger partial charge in [-0.15, -0.1) is 0 Å². The van der Waals surface area contributed by atoms with E-state index in [4.69, 9.17) is 4.42 Å². The number of nitro groups is 1. The fourth-order valence-corrected chi connectivity index (χ4v) is 1.80. The van der Waals surface area contributed by atoms with Gasteiger partial charge in [0.05, 0.1) is 16.6 Å². The van der Waals surface area contributed by atoms with Gasteiger partial charge in [0.25, 0.3) is 5.69 Å². The summed E-state index contributed by atoms with van der Waals surface area (Å²) >= 11 is 0. The maximum atomic E-state index is 10.7. The lowest BCUT2D eigenvalue weighted by Gasteiger charge is -1.85. The van der Waals surface area contributed by atoms with E-state index in [1.165, 1.54) is 12.1 Å². The highest BCUT2D eigenvalue weighted by Gasteiger charge is 2.19. The SMILES string of the molecule is O=[N+]([O-])c1ccc2c(c1)=C=C(c1ccccc1)[O+]=2. The first kappa shape index (κ1) is 10.4. The van der Waals surface area contributed by atoms with Crippen LogP contribution in [-0.4, -0.2) is 4.92 Å². The van der Waals surface area contributed by atoms with E-state index in [2.05, 4.69) is 5.73 Å². The molecule has 1 aliphatic heterocycles. The third-order valence-corrected chi connectivity index (χ3v) is 2.67. The highest BCUT2D eigenvalue weighted by atomic mass is 16.6. The third-order valence-electron chi connectivity index (χ3n) is 2.67. The fraction of sp³-hybridized carbons (Fsp3) is 0. The third kappa shape index (κ3) is 1.71. The lowest BCUT2D eigenvalue weighted by atomic mass is 10.2. The standard InChI is InChI=1S/C14H8NO3/c16-15(17)12-6-7-13-11(8-12)9-14(18-13)10-4-2-1-3-5-10/h1-8H/q+1. The van der Waals surface area contributed by atoms with Crippen molar-refractivity contribution in [3.8, 4) is 0 Å². The van der Waals surface area contributed by atoms with E-state index in [9.17, 15) is 10.1 Å². The van der Waals surface area contributed by atoms with Crippen LogP contribution in [0.5, 0.6) is 0 Å². The summed E-state index contributed by atoms with van der Waals surface area (Å²) in [5, 5.41) is 11.3. The van der Waals surface area contributed by atoms with Crippen molar-refractivity contribution in [3.05, 3.63) is 79.3 Å². The Labute approximate surface area is 102 Å². The molecule has 18 heavy (non-hydrogen) atoms. The Morgan fingerprint density at radius 2 is 1.89 bits per heavy atom. The van der Waals surface area contributed by atoms with E-state index in [1.807, 2.05) is 30.3 Å². The van der Waals surface area contributed by atoms with Crippen LogP contribution in [0.1, 0.15) is 5.56 Å². The summed E-state index contributed by atoms with van der Waals surface area (Å²) in [6.07, 6.45) is 0. The quantitative estimate of drug-likeness (QED) is 0.453. The number of fused-ring (bicyclic) bond motifs is 1. The van der Waals surface area contributed by atoms with E-state index >= 15 is 0 Å². The van der Waals surface area contributed by atoms with Gasteiger partial charge in [0, 0.05) is 17.9 Å². The summed E-state index contributed by atoms with van der Waals surface area (Å²) < 4.78 is 5.61. The first-order chi connectivity index (χ1) is 8.74. The van der Waals surface area contributed by atoms with Crippen LogP contribution in [0.4, 0.5) is 5.69 Å². The van der Waals surface area contributed by atoms with Crippen molar-refractivity contribution in [2.24, 2.45) is 0 Å². The van der Waals surface area contributed by atoms with Crippen molar-refractivity contribution in [2.75, 3.05) is 0 Å². The fourth-order valence-electron chi connectivity index (χ4n) is 1.80. The van der Waals surface area contributed by atoms with Gasteiger partial charge in [-0.1, -0.05) is 18.2 Å². The van der Waals surface area contributed by atoms with Crippen molar-refractivity contribution in [1.29, 1.82) is 0 Å². The number of non-ortho nitro benzene ring substituents is 1. The second-order valence-electron chi connectivity index (χ2n) is 3.86. The number of nitrogens with zero attached hydrogens (tertiary/aromatic N) is 1. The summed E-state index contributed by atoms with van der Waals surface area (Å²) in [5.41, 5.74) is 4.57. The molecule has 0 unspecified atom stereocenters. The Balaban J connectivity index is 2.20. The Kier molecular flexibility index (Phi) is 2.29. The molecule has 0 aliphatic carbocycles. The lowest BCUT2D eigenvalue weighted by molar-refractivity contribution is -0.385. The highest BCUT2D eigenvalue weighted by Crippen LogP contribution is 2.14. The Morgan fingerprint density at radius 1 is 1.11 bits per heavy atom. The Bertz CT molecular complexity index is 788. The van der Waals surface area contributed by atoms with Crippen LogP contribution >= 0.6 is 0 Å². The first-order valence-electron chi connectivity index (χ1n) is 5.40. The van der Waals surface area contributed by atoms with Gasteiger partial charge in [-0.3, -0.25) is 10.1 Å². The number of nitro benzene ring substituents is 1. The van der Waals surface area contributed by atoms with Crippen LogP contribution in [-0.2, 0) is 0 Å². The van der Waals surface area contributed by atoms with Gasteiger partial charge in [-0.05, 0) is 12.1 Å². The molecule has 0 radical (unpaired) electrons. The zero-order valence-electron chi connectivity index (χ0n) is 9.29. The minimum absolute atomic E-state index is 0.0409. The van der Waals surface area contributed by atoms with Gasteiger partial charge in [-0.2, -0.15) is 4.42 Å². The molecule has 0 saturated heterocycles. The Hall–Kier alpha value is -2.71. The van der Waals surface area contributed by atoms with Crippen LogP contribution in [0.25, 0.3) is 11.5 Å². The molecule has 4 nitrogen and oxygen atoms in total. The number of rotatable bonds is 2. The molecule has 0 saturated carbocycles. The second kappa shape index (κ2) is 3.95. The molecule has 1 heterocycles. The molecule has 0 bridgehead atoms. The molecule has 0 N–H and O–H groups in total. The Morgan fingerprint density at radius 3 is 2.61 bits per heavy atom. The van der Waals surface area contributed by atoms with Gasteiger partial charge < -0.3 is 0 Å². The van der Waals surface area contributed by atoms with Crippen molar-refractivity contribution in [2.45, 2.75) is 0 Å². The predicted octanol–water partition coefficient (Wildman–Crippen LogP) is 1.64. The average Bonchev–Trinajstić information content (AvgIpc) is 2.82. The highest BCUT2D eigenvalue weighted by molar-refractivity contribution is 5.79. The molecule has 2 aromatic carbocycles. The van der Waals surface area contributed by atoms with Crippen LogP contribution in [0.3, 0.4) is 0 Å². The molecule has 0 aromatic heterocycles. The average molecular weight is 238 g/mol. The minimum Gasteiger partial charge on any atom is -0.258 e.